The summed E-state index contributed by atoms with van der Waals surface area (Å²) in [6, 6.07) is 3.38. The molecule has 0 saturated heterocycles. The van der Waals surface area contributed by atoms with Crippen LogP contribution >= 0.6 is 0 Å². The molecule has 0 aliphatic heterocycles. The van der Waals surface area contributed by atoms with Crippen molar-refractivity contribution >= 4 is 11.5 Å². The van der Waals surface area contributed by atoms with Crippen molar-refractivity contribution in [2.45, 2.75) is 0 Å². The maximum atomic E-state index is 5.34. The molecule has 0 amide bonds. The lowest BCUT2D eigenvalue weighted by molar-refractivity contribution is -0.248. The monoisotopic (exact) mass is 155 g/mol. The van der Waals surface area contributed by atoms with E-state index in [0.717, 1.165) is 0 Å². The summed E-state index contributed by atoms with van der Waals surface area (Å²) < 4.78 is 0. The molecule has 0 spiro atoms. The summed E-state index contributed by atoms with van der Waals surface area (Å²) >= 11 is 0. The van der Waals surface area contributed by atoms with Gasteiger partial charge in [0.25, 0.3) is 0 Å². The molecule has 0 aliphatic carbocycles. The molecule has 1 rings (SSSR count). The highest BCUT2D eigenvalue weighted by atomic mass is 17.3. The van der Waals surface area contributed by atoms with Gasteiger partial charge in [0.05, 0.1) is 19.0 Å². The lowest BCUT2D eigenvalue weighted by Crippen LogP contribution is -2.00. The molecule has 0 aliphatic rings. The van der Waals surface area contributed by atoms with E-state index in [2.05, 4.69) is 20.3 Å². The molecule has 60 valence electrons. The van der Waals surface area contributed by atoms with E-state index in [1.54, 1.807) is 12.1 Å². The minimum atomic E-state index is 0.466. The zero-order chi connectivity index (χ0) is 8.10. The molecule has 1 heterocycles. The summed E-state index contributed by atoms with van der Waals surface area (Å²) in [6.07, 6.45) is 1.54. The maximum absolute atomic E-state index is 5.34. The Kier molecular flexibility index (Phi) is 2.65. The van der Waals surface area contributed by atoms with Crippen LogP contribution in [-0.4, -0.2) is 12.1 Å². The van der Waals surface area contributed by atoms with Gasteiger partial charge in [0.1, 0.15) is 5.82 Å². The van der Waals surface area contributed by atoms with Crippen molar-refractivity contribution < 1.29 is 9.88 Å². The van der Waals surface area contributed by atoms with E-state index in [9.17, 15) is 0 Å². The van der Waals surface area contributed by atoms with Crippen LogP contribution in [0.1, 0.15) is 0 Å². The van der Waals surface area contributed by atoms with Gasteiger partial charge in [-0.25, -0.2) is 15.4 Å². The van der Waals surface area contributed by atoms with Crippen LogP contribution in [0.2, 0.25) is 0 Å². The van der Waals surface area contributed by atoms with Crippen LogP contribution in [0.25, 0.3) is 0 Å². The first-order valence-corrected chi connectivity index (χ1v) is 3.00. The summed E-state index contributed by atoms with van der Waals surface area (Å²) in [5.74, 6) is 0.466. The fourth-order valence-electron chi connectivity index (χ4n) is 0.555. The van der Waals surface area contributed by atoms with Crippen molar-refractivity contribution in [3.8, 4) is 0 Å². The first-order chi connectivity index (χ1) is 5.33. The Bertz CT molecular complexity index is 212. The van der Waals surface area contributed by atoms with Crippen molar-refractivity contribution in [3.63, 3.8) is 0 Å². The summed E-state index contributed by atoms with van der Waals surface area (Å²) in [6.45, 7) is 0. The second kappa shape index (κ2) is 3.75. The van der Waals surface area contributed by atoms with Crippen LogP contribution in [0.15, 0.2) is 18.3 Å². The largest absolute Gasteiger partial charge is 0.384 e. The van der Waals surface area contributed by atoms with Gasteiger partial charge in [-0.2, -0.15) is 0 Å². The van der Waals surface area contributed by atoms with Gasteiger partial charge in [0.15, 0.2) is 0 Å². The minimum Gasteiger partial charge on any atom is -0.384 e. The first-order valence-electron chi connectivity index (χ1n) is 3.00. The smallest absolute Gasteiger partial charge is 0.123 e. The van der Waals surface area contributed by atoms with E-state index in [1.165, 1.54) is 13.3 Å². The Morgan fingerprint density at radius 2 is 2.36 bits per heavy atom. The predicted octanol–water partition coefficient (Wildman–Crippen LogP) is 0.569. The van der Waals surface area contributed by atoms with E-state index >= 15 is 0 Å². The van der Waals surface area contributed by atoms with E-state index in [1.807, 2.05) is 0 Å². The number of nitrogen functional groups attached to an aromatic ring is 1. The van der Waals surface area contributed by atoms with Crippen LogP contribution in [0.3, 0.4) is 0 Å². The third kappa shape index (κ3) is 2.40. The number of nitrogens with two attached hydrogens (primary N) is 1. The van der Waals surface area contributed by atoms with Crippen LogP contribution < -0.4 is 11.2 Å². The van der Waals surface area contributed by atoms with E-state index in [4.69, 9.17) is 5.73 Å². The zero-order valence-corrected chi connectivity index (χ0v) is 6.07. The molecule has 0 bridgehead atoms. The maximum Gasteiger partial charge on any atom is 0.123 e. The lowest BCUT2D eigenvalue weighted by atomic mass is 10.4. The molecule has 1 aromatic heterocycles. The number of anilines is 2. The van der Waals surface area contributed by atoms with Gasteiger partial charge in [0, 0.05) is 0 Å². The second-order valence-electron chi connectivity index (χ2n) is 1.82. The van der Waals surface area contributed by atoms with Gasteiger partial charge >= 0.3 is 0 Å². The van der Waals surface area contributed by atoms with E-state index in [-0.39, 0.29) is 0 Å². The van der Waals surface area contributed by atoms with Crippen LogP contribution in [-0.2, 0) is 9.88 Å². The third-order valence-electron chi connectivity index (χ3n) is 1.03. The molecule has 11 heavy (non-hydrogen) atoms. The summed E-state index contributed by atoms with van der Waals surface area (Å²) in [7, 11) is 1.40. The standard InChI is InChI=1S/C6H9N3O2/c1-10-11-9-5-2-3-6(7)8-4-5/h2-4,9H,1H3,(H2,7,8). The molecule has 0 saturated carbocycles. The molecule has 0 unspecified atom stereocenters. The Labute approximate surface area is 64.0 Å². The molecule has 5 heteroatoms. The summed E-state index contributed by atoms with van der Waals surface area (Å²) in [5.41, 5.74) is 8.51. The van der Waals surface area contributed by atoms with Crippen molar-refractivity contribution in [1.82, 2.24) is 4.98 Å². The van der Waals surface area contributed by atoms with Crippen molar-refractivity contribution in [2.75, 3.05) is 18.3 Å². The van der Waals surface area contributed by atoms with Gasteiger partial charge < -0.3 is 5.73 Å². The molecule has 1 aromatic rings. The molecular weight excluding hydrogens is 146 g/mol. The molecule has 5 nitrogen and oxygen atoms in total. The normalized spacial score (nSPS) is 9.55. The number of aromatic nitrogens is 1. The Hall–Kier alpha value is -1.33. The Morgan fingerprint density at radius 1 is 1.55 bits per heavy atom. The molecule has 0 aromatic carbocycles. The van der Waals surface area contributed by atoms with Crippen LogP contribution in [0, 0.1) is 0 Å². The Morgan fingerprint density at radius 3 is 2.91 bits per heavy atom. The van der Waals surface area contributed by atoms with Crippen molar-refractivity contribution in [1.29, 1.82) is 0 Å². The van der Waals surface area contributed by atoms with Gasteiger partial charge in [-0.05, 0) is 12.1 Å². The highest BCUT2D eigenvalue weighted by molar-refractivity contribution is 5.43. The predicted molar refractivity (Wildman–Crippen MR) is 40.4 cm³/mol. The third-order valence-corrected chi connectivity index (χ3v) is 1.03. The number of rotatable bonds is 3. The number of hydrogen-bond donors (Lipinski definition) is 2. The molecular formula is C6H9N3O2. The lowest BCUT2D eigenvalue weighted by Gasteiger charge is -2.01. The highest BCUT2D eigenvalue weighted by Crippen LogP contribution is 2.06. The van der Waals surface area contributed by atoms with Gasteiger partial charge in [-0.15, -0.1) is 4.99 Å². The zero-order valence-electron chi connectivity index (χ0n) is 6.07. The van der Waals surface area contributed by atoms with E-state index in [0.29, 0.717) is 11.5 Å². The quantitative estimate of drug-likeness (QED) is 0.493. The Balaban J connectivity index is 2.52. The van der Waals surface area contributed by atoms with Gasteiger partial charge in [-0.1, -0.05) is 0 Å². The average molecular weight is 155 g/mol. The summed E-state index contributed by atoms with van der Waals surface area (Å²) in [5, 5.41) is 0. The SMILES string of the molecule is COONc1ccc(N)nc1. The fourth-order valence-corrected chi connectivity index (χ4v) is 0.555. The number of hydrogen-bond acceptors (Lipinski definition) is 5. The first kappa shape index (κ1) is 7.77. The molecule has 0 atom stereocenters. The van der Waals surface area contributed by atoms with Crippen molar-refractivity contribution in [3.05, 3.63) is 18.3 Å². The van der Waals surface area contributed by atoms with Crippen LogP contribution in [0.5, 0.6) is 0 Å². The number of nitrogens with zero attached hydrogens (tertiary/aromatic N) is 1. The van der Waals surface area contributed by atoms with E-state index < -0.39 is 0 Å². The second-order valence-corrected chi connectivity index (χ2v) is 1.82. The van der Waals surface area contributed by atoms with Crippen molar-refractivity contribution in [2.24, 2.45) is 0 Å². The number of nitrogens with one attached hydrogen (secondary N) is 1. The molecule has 3 N–H and O–H groups in total. The molecule has 0 radical (unpaired) electrons. The molecule has 0 fully saturated rings. The average Bonchev–Trinajstić information content (AvgIpc) is 2.04. The topological polar surface area (TPSA) is 69.4 Å². The number of pyridine rings is 1. The van der Waals surface area contributed by atoms with Gasteiger partial charge in [0.2, 0.25) is 0 Å². The highest BCUT2D eigenvalue weighted by Gasteiger charge is 1.90. The van der Waals surface area contributed by atoms with Gasteiger partial charge in [-0.3, -0.25) is 0 Å². The minimum absolute atomic E-state index is 0.466. The summed E-state index contributed by atoms with van der Waals surface area (Å²) in [4.78, 5) is 12.5. The van der Waals surface area contributed by atoms with Crippen LogP contribution in [0.4, 0.5) is 11.5 Å². The fraction of sp³-hybridized carbons (Fsp3) is 0.167.